The largest absolute Gasteiger partial charge is 0.507 e. The number of likely N-dealkylation sites (tertiary alicyclic amines) is 1. The summed E-state index contributed by atoms with van der Waals surface area (Å²) in [6, 6.07) is 4.44. The molecule has 1 aliphatic heterocycles. The van der Waals surface area contributed by atoms with Crippen molar-refractivity contribution in [3.05, 3.63) is 23.8 Å². The van der Waals surface area contributed by atoms with Gasteiger partial charge in [0.15, 0.2) is 12.4 Å². The van der Waals surface area contributed by atoms with Gasteiger partial charge in [-0.15, -0.1) is 0 Å². The normalized spacial score (nSPS) is 14.9. The van der Waals surface area contributed by atoms with E-state index in [-0.39, 0.29) is 29.6 Å². The predicted molar refractivity (Wildman–Crippen MR) is 74.0 cm³/mol. The highest BCUT2D eigenvalue weighted by Gasteiger charge is 2.17. The highest BCUT2D eigenvalue weighted by atomic mass is 16.5. The summed E-state index contributed by atoms with van der Waals surface area (Å²) in [4.78, 5) is 24.9. The van der Waals surface area contributed by atoms with Gasteiger partial charge in [-0.1, -0.05) is 0 Å². The van der Waals surface area contributed by atoms with E-state index in [1.807, 2.05) is 0 Å². The lowest BCUT2D eigenvalue weighted by molar-refractivity contribution is -0.134. The summed E-state index contributed by atoms with van der Waals surface area (Å²) in [5.74, 6) is 0.0107. The average Bonchev–Trinajstić information content (AvgIpc) is 2.45. The van der Waals surface area contributed by atoms with Gasteiger partial charge < -0.3 is 14.7 Å². The van der Waals surface area contributed by atoms with E-state index in [0.717, 1.165) is 25.9 Å². The Balaban J connectivity index is 1.92. The monoisotopic (exact) mass is 277 g/mol. The first-order valence-electron chi connectivity index (χ1n) is 6.82. The lowest BCUT2D eigenvalue weighted by atomic mass is 10.1. The Morgan fingerprint density at radius 3 is 2.55 bits per heavy atom. The number of carbonyl (C=O) groups excluding carboxylic acids is 2. The second-order valence-corrected chi connectivity index (χ2v) is 4.97. The van der Waals surface area contributed by atoms with E-state index in [4.69, 9.17) is 4.74 Å². The zero-order chi connectivity index (χ0) is 14.5. The molecule has 20 heavy (non-hydrogen) atoms. The second kappa shape index (κ2) is 6.41. The number of benzene rings is 1. The molecule has 1 aromatic carbocycles. The van der Waals surface area contributed by atoms with Crippen molar-refractivity contribution in [2.45, 2.75) is 26.2 Å². The van der Waals surface area contributed by atoms with Gasteiger partial charge in [-0.3, -0.25) is 9.59 Å². The van der Waals surface area contributed by atoms with Crippen molar-refractivity contribution in [3.63, 3.8) is 0 Å². The summed E-state index contributed by atoms with van der Waals surface area (Å²) >= 11 is 0. The minimum Gasteiger partial charge on any atom is -0.507 e. The highest BCUT2D eigenvalue weighted by Crippen LogP contribution is 2.24. The Morgan fingerprint density at radius 1 is 1.25 bits per heavy atom. The third-order valence-corrected chi connectivity index (χ3v) is 3.42. The summed E-state index contributed by atoms with van der Waals surface area (Å²) in [5, 5.41) is 9.68. The third kappa shape index (κ3) is 3.50. The Morgan fingerprint density at radius 2 is 1.95 bits per heavy atom. The molecular weight excluding hydrogens is 258 g/mol. The minimum atomic E-state index is -0.210. The van der Waals surface area contributed by atoms with Gasteiger partial charge in [0.2, 0.25) is 0 Å². The number of nitrogens with zero attached hydrogens (tertiary/aromatic N) is 1. The van der Waals surface area contributed by atoms with E-state index in [9.17, 15) is 14.7 Å². The van der Waals surface area contributed by atoms with Crippen molar-refractivity contribution in [1.29, 1.82) is 0 Å². The fourth-order valence-electron chi connectivity index (χ4n) is 2.28. The topological polar surface area (TPSA) is 66.8 Å². The summed E-state index contributed by atoms with van der Waals surface area (Å²) in [6.45, 7) is 2.92. The van der Waals surface area contributed by atoms with Crippen LogP contribution in [0.15, 0.2) is 18.2 Å². The van der Waals surface area contributed by atoms with Gasteiger partial charge in [-0.25, -0.2) is 0 Å². The lowest BCUT2D eigenvalue weighted by Gasteiger charge is -2.26. The summed E-state index contributed by atoms with van der Waals surface area (Å²) < 4.78 is 5.37. The number of phenolic OH excluding ortho intramolecular Hbond substituents is 1. The molecule has 5 nitrogen and oxygen atoms in total. The molecule has 0 atom stereocenters. The fourth-order valence-corrected chi connectivity index (χ4v) is 2.28. The van der Waals surface area contributed by atoms with Crippen LogP contribution in [-0.4, -0.2) is 41.4 Å². The molecule has 1 saturated heterocycles. The maximum atomic E-state index is 11.9. The van der Waals surface area contributed by atoms with Crippen LogP contribution in [0.4, 0.5) is 0 Å². The molecule has 0 aliphatic carbocycles. The van der Waals surface area contributed by atoms with Crippen molar-refractivity contribution < 1.29 is 19.4 Å². The van der Waals surface area contributed by atoms with Gasteiger partial charge in [0.05, 0.1) is 5.56 Å². The van der Waals surface area contributed by atoms with Crippen molar-refractivity contribution in [2.24, 2.45) is 0 Å². The molecule has 1 aliphatic rings. The molecule has 108 valence electrons. The lowest BCUT2D eigenvalue weighted by Crippen LogP contribution is -2.38. The number of amides is 1. The molecule has 5 heteroatoms. The first kappa shape index (κ1) is 14.4. The number of Topliss-reactive ketones (excluding diaryl/α,β-unsaturated/α-hetero) is 1. The minimum absolute atomic E-state index is 0.0418. The van der Waals surface area contributed by atoms with E-state index in [0.29, 0.717) is 5.75 Å². The Labute approximate surface area is 118 Å². The van der Waals surface area contributed by atoms with Crippen LogP contribution in [-0.2, 0) is 4.79 Å². The van der Waals surface area contributed by atoms with Crippen LogP contribution in [0.25, 0.3) is 0 Å². The van der Waals surface area contributed by atoms with E-state index >= 15 is 0 Å². The number of piperidine rings is 1. The maximum absolute atomic E-state index is 11.9. The second-order valence-electron chi connectivity index (χ2n) is 4.97. The van der Waals surface area contributed by atoms with Crippen LogP contribution < -0.4 is 4.74 Å². The van der Waals surface area contributed by atoms with Crippen LogP contribution >= 0.6 is 0 Å². The first-order chi connectivity index (χ1) is 9.58. The SMILES string of the molecule is CC(=O)c1ccc(OCC(=O)N2CCCCC2)cc1O. The number of carbonyl (C=O) groups is 2. The summed E-state index contributed by atoms with van der Waals surface area (Å²) in [6.07, 6.45) is 3.25. The number of aromatic hydroxyl groups is 1. The Hall–Kier alpha value is -2.04. The standard InChI is InChI=1S/C15H19NO4/c1-11(17)13-6-5-12(9-14(13)18)20-10-15(19)16-7-3-2-4-8-16/h5-6,9,18H,2-4,7-8,10H2,1H3. The van der Waals surface area contributed by atoms with Crippen LogP contribution in [0.2, 0.25) is 0 Å². The van der Waals surface area contributed by atoms with Crippen molar-refractivity contribution in [2.75, 3.05) is 19.7 Å². The van der Waals surface area contributed by atoms with Crippen LogP contribution in [0.3, 0.4) is 0 Å². The molecule has 1 amide bonds. The average molecular weight is 277 g/mol. The van der Waals surface area contributed by atoms with E-state index < -0.39 is 0 Å². The molecule has 1 fully saturated rings. The molecule has 0 unspecified atom stereocenters. The van der Waals surface area contributed by atoms with E-state index in [1.54, 1.807) is 11.0 Å². The summed E-state index contributed by atoms with van der Waals surface area (Å²) in [5.41, 5.74) is 0.250. The van der Waals surface area contributed by atoms with Crippen LogP contribution in [0, 0.1) is 0 Å². The molecule has 1 N–H and O–H groups in total. The van der Waals surface area contributed by atoms with Crippen molar-refractivity contribution in [3.8, 4) is 11.5 Å². The number of rotatable bonds is 4. The number of hydrogen-bond acceptors (Lipinski definition) is 4. The smallest absolute Gasteiger partial charge is 0.260 e. The quantitative estimate of drug-likeness (QED) is 0.855. The molecule has 2 rings (SSSR count). The van der Waals surface area contributed by atoms with Gasteiger partial charge in [0, 0.05) is 19.2 Å². The Bertz CT molecular complexity index is 507. The maximum Gasteiger partial charge on any atom is 0.260 e. The van der Waals surface area contributed by atoms with E-state index in [2.05, 4.69) is 0 Å². The number of ketones is 1. The van der Waals surface area contributed by atoms with Crippen LogP contribution in [0.5, 0.6) is 11.5 Å². The van der Waals surface area contributed by atoms with Crippen LogP contribution in [0.1, 0.15) is 36.5 Å². The van der Waals surface area contributed by atoms with Crippen molar-refractivity contribution >= 4 is 11.7 Å². The third-order valence-electron chi connectivity index (χ3n) is 3.42. The molecule has 1 aromatic rings. The highest BCUT2D eigenvalue weighted by molar-refractivity contribution is 5.96. The molecular formula is C15H19NO4. The van der Waals surface area contributed by atoms with Gasteiger partial charge in [-0.2, -0.15) is 0 Å². The predicted octanol–water partition coefficient (Wildman–Crippen LogP) is 1.99. The Kier molecular flexibility index (Phi) is 4.61. The number of ether oxygens (including phenoxy) is 1. The molecule has 0 bridgehead atoms. The molecule has 0 aromatic heterocycles. The van der Waals surface area contributed by atoms with Gasteiger partial charge in [0.1, 0.15) is 11.5 Å². The number of hydrogen-bond donors (Lipinski definition) is 1. The first-order valence-corrected chi connectivity index (χ1v) is 6.82. The molecule has 0 spiro atoms. The number of phenols is 1. The molecule has 0 radical (unpaired) electrons. The van der Waals surface area contributed by atoms with Gasteiger partial charge in [-0.05, 0) is 38.3 Å². The summed E-state index contributed by atoms with van der Waals surface area (Å²) in [7, 11) is 0. The molecule has 1 heterocycles. The van der Waals surface area contributed by atoms with Crippen molar-refractivity contribution in [1.82, 2.24) is 4.90 Å². The van der Waals surface area contributed by atoms with E-state index in [1.165, 1.54) is 25.5 Å². The molecule has 0 saturated carbocycles. The van der Waals surface area contributed by atoms with Gasteiger partial charge in [0.25, 0.3) is 5.91 Å². The zero-order valence-electron chi connectivity index (χ0n) is 11.6. The van der Waals surface area contributed by atoms with Gasteiger partial charge >= 0.3 is 0 Å². The zero-order valence-corrected chi connectivity index (χ0v) is 11.6. The fraction of sp³-hybridized carbons (Fsp3) is 0.467.